The molecule has 2 amide bonds. The SMILES string of the molecule is CC1CC(C(=O)O)CCN1C(=O)NCC1CCC1. The molecule has 0 bridgehead atoms. The van der Waals surface area contributed by atoms with Crippen molar-refractivity contribution in [3.63, 3.8) is 0 Å². The van der Waals surface area contributed by atoms with E-state index in [0.717, 1.165) is 6.54 Å². The highest BCUT2D eigenvalue weighted by molar-refractivity contribution is 5.75. The van der Waals surface area contributed by atoms with Gasteiger partial charge in [-0.2, -0.15) is 0 Å². The van der Waals surface area contributed by atoms with Crippen LogP contribution in [0.2, 0.25) is 0 Å². The summed E-state index contributed by atoms with van der Waals surface area (Å²) in [5.74, 6) is -0.382. The van der Waals surface area contributed by atoms with Gasteiger partial charge in [0.1, 0.15) is 0 Å². The molecule has 0 aromatic carbocycles. The minimum absolute atomic E-state index is 0.0150. The van der Waals surface area contributed by atoms with E-state index in [1.54, 1.807) is 4.90 Å². The van der Waals surface area contributed by atoms with Gasteiger partial charge in [0, 0.05) is 19.1 Å². The standard InChI is InChI=1S/C13H22N2O3/c1-9-7-11(12(16)17)5-6-15(9)13(18)14-8-10-3-2-4-10/h9-11H,2-8H2,1H3,(H,14,18)(H,16,17). The first-order chi connectivity index (χ1) is 8.58. The third-order valence-corrected chi connectivity index (χ3v) is 4.25. The zero-order valence-electron chi connectivity index (χ0n) is 10.9. The van der Waals surface area contributed by atoms with E-state index in [-0.39, 0.29) is 18.0 Å². The number of carboxylic acids is 1. The lowest BCUT2D eigenvalue weighted by Gasteiger charge is -2.37. The second-order valence-electron chi connectivity index (χ2n) is 5.58. The number of amides is 2. The van der Waals surface area contributed by atoms with Gasteiger partial charge in [-0.15, -0.1) is 0 Å². The van der Waals surface area contributed by atoms with Crippen LogP contribution in [-0.2, 0) is 4.79 Å². The van der Waals surface area contributed by atoms with Crippen LogP contribution in [0.3, 0.4) is 0 Å². The highest BCUT2D eigenvalue weighted by Crippen LogP contribution is 2.26. The Balaban J connectivity index is 1.78. The van der Waals surface area contributed by atoms with E-state index in [1.807, 2.05) is 6.92 Å². The lowest BCUT2D eigenvalue weighted by atomic mass is 9.85. The van der Waals surface area contributed by atoms with E-state index in [0.29, 0.717) is 25.3 Å². The number of urea groups is 1. The Bertz CT molecular complexity index is 328. The van der Waals surface area contributed by atoms with Crippen LogP contribution in [0.5, 0.6) is 0 Å². The zero-order valence-corrected chi connectivity index (χ0v) is 10.9. The van der Waals surface area contributed by atoms with E-state index >= 15 is 0 Å². The summed E-state index contributed by atoms with van der Waals surface area (Å²) in [6.07, 6.45) is 4.84. The third-order valence-electron chi connectivity index (χ3n) is 4.25. The molecule has 2 N–H and O–H groups in total. The summed E-state index contributed by atoms with van der Waals surface area (Å²) in [4.78, 5) is 24.7. The molecule has 1 aliphatic heterocycles. The number of hydrogen-bond acceptors (Lipinski definition) is 2. The summed E-state index contributed by atoms with van der Waals surface area (Å²) in [6, 6.07) is -0.0144. The number of nitrogens with one attached hydrogen (secondary N) is 1. The van der Waals surface area contributed by atoms with E-state index in [9.17, 15) is 9.59 Å². The van der Waals surface area contributed by atoms with Gasteiger partial charge in [0.05, 0.1) is 5.92 Å². The van der Waals surface area contributed by atoms with Crippen LogP contribution >= 0.6 is 0 Å². The van der Waals surface area contributed by atoms with E-state index in [4.69, 9.17) is 5.11 Å². The first-order valence-electron chi connectivity index (χ1n) is 6.85. The molecule has 1 saturated heterocycles. The smallest absolute Gasteiger partial charge is 0.317 e. The Labute approximate surface area is 108 Å². The van der Waals surface area contributed by atoms with E-state index < -0.39 is 5.97 Å². The number of rotatable bonds is 3. The van der Waals surface area contributed by atoms with Crippen LogP contribution in [0, 0.1) is 11.8 Å². The minimum Gasteiger partial charge on any atom is -0.481 e. The number of carbonyl (C=O) groups is 2. The number of likely N-dealkylation sites (tertiary alicyclic amines) is 1. The number of carbonyl (C=O) groups excluding carboxylic acids is 1. The normalized spacial score (nSPS) is 28.6. The van der Waals surface area contributed by atoms with Crippen LogP contribution in [-0.4, -0.2) is 41.1 Å². The maximum absolute atomic E-state index is 12.0. The minimum atomic E-state index is -0.739. The molecule has 2 rings (SSSR count). The summed E-state index contributed by atoms with van der Waals surface area (Å²) < 4.78 is 0. The molecule has 5 nitrogen and oxygen atoms in total. The summed E-state index contributed by atoms with van der Waals surface area (Å²) >= 11 is 0. The fourth-order valence-corrected chi connectivity index (χ4v) is 2.73. The number of hydrogen-bond donors (Lipinski definition) is 2. The number of aliphatic carboxylic acids is 1. The van der Waals surface area contributed by atoms with Crippen molar-refractivity contribution in [3.8, 4) is 0 Å². The molecule has 1 aliphatic carbocycles. The molecule has 18 heavy (non-hydrogen) atoms. The number of nitrogens with zero attached hydrogens (tertiary/aromatic N) is 1. The van der Waals surface area contributed by atoms with Gasteiger partial charge in [0.2, 0.25) is 0 Å². The number of piperidine rings is 1. The second-order valence-corrected chi connectivity index (χ2v) is 5.58. The summed E-state index contributed by atoms with van der Waals surface area (Å²) in [5.41, 5.74) is 0. The van der Waals surface area contributed by atoms with Crippen molar-refractivity contribution in [3.05, 3.63) is 0 Å². The first-order valence-corrected chi connectivity index (χ1v) is 6.85. The van der Waals surface area contributed by atoms with Gasteiger partial charge in [-0.3, -0.25) is 4.79 Å². The van der Waals surface area contributed by atoms with Crippen LogP contribution in [0.1, 0.15) is 39.0 Å². The van der Waals surface area contributed by atoms with Gasteiger partial charge in [-0.25, -0.2) is 4.79 Å². The van der Waals surface area contributed by atoms with Crippen molar-refractivity contribution in [1.29, 1.82) is 0 Å². The van der Waals surface area contributed by atoms with Gasteiger partial charge in [-0.1, -0.05) is 6.42 Å². The second kappa shape index (κ2) is 5.59. The molecule has 2 fully saturated rings. The van der Waals surface area contributed by atoms with E-state index in [1.165, 1.54) is 19.3 Å². The molecule has 0 aromatic rings. The fourth-order valence-electron chi connectivity index (χ4n) is 2.73. The predicted octanol–water partition coefficient (Wildman–Crippen LogP) is 1.68. The first kappa shape index (κ1) is 13.2. The third kappa shape index (κ3) is 2.94. The Hall–Kier alpha value is -1.26. The van der Waals surface area contributed by atoms with Gasteiger partial charge in [0.15, 0.2) is 0 Å². The largest absolute Gasteiger partial charge is 0.481 e. The van der Waals surface area contributed by atoms with Crippen LogP contribution in [0.15, 0.2) is 0 Å². The summed E-state index contributed by atoms with van der Waals surface area (Å²) in [7, 11) is 0. The Kier molecular flexibility index (Phi) is 4.09. The monoisotopic (exact) mass is 254 g/mol. The molecule has 0 aromatic heterocycles. The van der Waals surface area contributed by atoms with Crippen LogP contribution in [0.4, 0.5) is 4.79 Å². The predicted molar refractivity (Wildman–Crippen MR) is 67.3 cm³/mol. The molecular formula is C13H22N2O3. The van der Waals surface area contributed by atoms with Gasteiger partial charge in [-0.05, 0) is 38.5 Å². The molecule has 1 heterocycles. The number of carboxylic acid groups (broad SMARTS) is 1. The zero-order chi connectivity index (χ0) is 13.1. The lowest BCUT2D eigenvalue weighted by molar-refractivity contribution is -0.143. The Morgan fingerprint density at radius 1 is 1.33 bits per heavy atom. The van der Waals surface area contributed by atoms with Crippen molar-refractivity contribution >= 4 is 12.0 Å². The van der Waals surface area contributed by atoms with Gasteiger partial charge < -0.3 is 15.3 Å². The highest BCUT2D eigenvalue weighted by atomic mass is 16.4. The van der Waals surface area contributed by atoms with E-state index in [2.05, 4.69) is 5.32 Å². The topological polar surface area (TPSA) is 69.6 Å². The van der Waals surface area contributed by atoms with Gasteiger partial charge in [0.25, 0.3) is 0 Å². The molecular weight excluding hydrogens is 232 g/mol. The van der Waals surface area contributed by atoms with Crippen molar-refractivity contribution < 1.29 is 14.7 Å². The molecule has 2 atom stereocenters. The molecule has 102 valence electrons. The quantitative estimate of drug-likeness (QED) is 0.805. The average molecular weight is 254 g/mol. The molecule has 1 saturated carbocycles. The van der Waals surface area contributed by atoms with Crippen LogP contribution in [0.25, 0.3) is 0 Å². The maximum atomic E-state index is 12.0. The summed E-state index contributed by atoms with van der Waals surface area (Å²) in [6.45, 7) is 3.25. The maximum Gasteiger partial charge on any atom is 0.317 e. The highest BCUT2D eigenvalue weighted by Gasteiger charge is 2.32. The van der Waals surface area contributed by atoms with Crippen molar-refractivity contribution in [1.82, 2.24) is 10.2 Å². The molecule has 5 heteroatoms. The molecule has 0 radical (unpaired) electrons. The lowest BCUT2D eigenvalue weighted by Crippen LogP contribution is -2.51. The Morgan fingerprint density at radius 3 is 2.56 bits per heavy atom. The molecule has 0 spiro atoms. The van der Waals surface area contributed by atoms with Crippen LogP contribution < -0.4 is 5.32 Å². The molecule has 2 aliphatic rings. The van der Waals surface area contributed by atoms with Crippen molar-refractivity contribution in [2.45, 2.75) is 45.1 Å². The molecule has 2 unspecified atom stereocenters. The average Bonchev–Trinajstić information content (AvgIpc) is 2.26. The fraction of sp³-hybridized carbons (Fsp3) is 0.846. The Morgan fingerprint density at radius 2 is 2.06 bits per heavy atom. The van der Waals surface area contributed by atoms with Crippen molar-refractivity contribution in [2.24, 2.45) is 11.8 Å². The van der Waals surface area contributed by atoms with Crippen molar-refractivity contribution in [2.75, 3.05) is 13.1 Å². The van der Waals surface area contributed by atoms with Gasteiger partial charge >= 0.3 is 12.0 Å². The summed E-state index contributed by atoms with van der Waals surface area (Å²) in [5, 5.41) is 11.9.